The number of hydrogen-bond donors (Lipinski definition) is 0. The van der Waals surface area contributed by atoms with Crippen LogP contribution in [-0.4, -0.2) is 11.7 Å². The summed E-state index contributed by atoms with van der Waals surface area (Å²) in [5.41, 5.74) is 20.9. The summed E-state index contributed by atoms with van der Waals surface area (Å²) in [6, 6.07) is 81.6. The Morgan fingerprint density at radius 1 is 0.342 bits per heavy atom. The number of hydrogen-bond acceptors (Lipinski definition) is 4. The molecule has 0 radical (unpaired) electrons. The van der Waals surface area contributed by atoms with E-state index in [9.17, 15) is 0 Å². The molecule has 0 saturated heterocycles. The van der Waals surface area contributed by atoms with Gasteiger partial charge in [0.15, 0.2) is 0 Å². The van der Waals surface area contributed by atoms with Gasteiger partial charge < -0.3 is 9.32 Å². The molecule has 1 aromatic heterocycles. The van der Waals surface area contributed by atoms with Crippen LogP contribution in [0.1, 0.15) is 128 Å². The zero-order valence-electron chi connectivity index (χ0n) is 48.1. The molecule has 392 valence electrons. The van der Waals surface area contributed by atoms with Crippen molar-refractivity contribution in [1.29, 1.82) is 0 Å². The molecule has 0 fully saturated rings. The first-order valence-corrected chi connectivity index (χ1v) is 28.2. The summed E-state index contributed by atoms with van der Waals surface area (Å²) in [5.74, 6) is 1.31. The fraction of sp³-hybridized carbons (Fsp3) is 0.230. The van der Waals surface area contributed by atoms with Crippen LogP contribution in [0.25, 0.3) is 22.6 Å². The highest BCUT2D eigenvalue weighted by Crippen LogP contribution is 2.52. The predicted molar refractivity (Wildman–Crippen MR) is 335 cm³/mol. The summed E-state index contributed by atoms with van der Waals surface area (Å²) in [4.78, 5) is 10.7. The monoisotopic (exact) mass is 1030 g/mol. The second kappa shape index (κ2) is 19.0. The third kappa shape index (κ3) is 9.02. The van der Waals surface area contributed by atoms with E-state index in [1.54, 1.807) is 0 Å². The number of nitrogens with zero attached hydrogens (tertiary/aromatic N) is 3. The Bertz CT molecular complexity index is 3740. The highest BCUT2D eigenvalue weighted by atomic mass is 16.4. The van der Waals surface area contributed by atoms with Gasteiger partial charge in [0.2, 0.25) is 11.8 Å². The standard InChI is InChI=1S/C74H72BN3O/c1-70(2,3)52-34-32-50(33-35-52)49-28-30-51(31-29-49)68-76-67-69(79-68)78(61-43-38-54(39-44-61)72(7,8)9)65-48-59(74(55-22-16-13-17-23-55,56-24-18-14-19-25-56)57-26-20-15-21-27-57)47-64-66(65)75(67)62-46-58(73(10,11)12)40-45-63(62)77(64)60-41-36-53(37-42-60)71(4,5)6/h13-48H,1-12H3. The average Bonchev–Trinajstić information content (AvgIpc) is 4.04. The van der Waals surface area contributed by atoms with E-state index >= 15 is 0 Å². The lowest BCUT2D eigenvalue weighted by Crippen LogP contribution is -2.62. The van der Waals surface area contributed by atoms with Crippen LogP contribution >= 0.6 is 0 Å². The number of fused-ring (bicyclic) bond motifs is 4. The lowest BCUT2D eigenvalue weighted by molar-refractivity contribution is 0.580. The summed E-state index contributed by atoms with van der Waals surface area (Å²) in [6.45, 7) is 27.2. The minimum absolute atomic E-state index is 0.0209. The average molecular weight is 1030 g/mol. The zero-order valence-corrected chi connectivity index (χ0v) is 48.1. The molecule has 2 aliphatic heterocycles. The van der Waals surface area contributed by atoms with Crippen molar-refractivity contribution in [1.82, 2.24) is 4.98 Å². The molecule has 0 aliphatic carbocycles. The van der Waals surface area contributed by atoms with Crippen molar-refractivity contribution in [3.8, 4) is 22.6 Å². The molecular formula is C74H72BN3O. The van der Waals surface area contributed by atoms with Crippen LogP contribution in [-0.2, 0) is 27.1 Å². The van der Waals surface area contributed by atoms with Gasteiger partial charge in [0.1, 0.15) is 0 Å². The molecule has 0 amide bonds. The minimum atomic E-state index is -0.758. The normalized spacial score (nSPS) is 13.5. The lowest BCUT2D eigenvalue weighted by atomic mass is 9.35. The minimum Gasteiger partial charge on any atom is -0.420 e. The van der Waals surface area contributed by atoms with Crippen molar-refractivity contribution in [3.63, 3.8) is 0 Å². The Balaban J connectivity index is 1.19. The van der Waals surface area contributed by atoms with E-state index in [-0.39, 0.29) is 28.4 Å². The molecule has 0 saturated carbocycles. The molecule has 5 heteroatoms. The van der Waals surface area contributed by atoms with Gasteiger partial charge in [-0.25, -0.2) is 4.98 Å². The van der Waals surface area contributed by atoms with Gasteiger partial charge >= 0.3 is 0 Å². The maximum atomic E-state index is 7.46. The smallest absolute Gasteiger partial charge is 0.279 e. The van der Waals surface area contributed by atoms with Gasteiger partial charge in [0.05, 0.1) is 11.0 Å². The fourth-order valence-electron chi connectivity index (χ4n) is 12.2. The first-order chi connectivity index (χ1) is 37.7. The molecule has 3 heterocycles. The Morgan fingerprint density at radius 2 is 0.722 bits per heavy atom. The third-order valence-electron chi connectivity index (χ3n) is 16.7. The zero-order chi connectivity index (χ0) is 55.2. The number of anilines is 6. The van der Waals surface area contributed by atoms with Gasteiger partial charge in [0, 0.05) is 34.0 Å². The first-order valence-electron chi connectivity index (χ1n) is 28.2. The van der Waals surface area contributed by atoms with E-state index in [4.69, 9.17) is 9.40 Å². The summed E-state index contributed by atoms with van der Waals surface area (Å²) in [5, 5.41) is 0. The van der Waals surface area contributed by atoms with Crippen molar-refractivity contribution < 1.29 is 4.42 Å². The predicted octanol–water partition coefficient (Wildman–Crippen LogP) is 17.7. The van der Waals surface area contributed by atoms with E-state index in [1.807, 2.05) is 0 Å². The fourth-order valence-corrected chi connectivity index (χ4v) is 12.2. The van der Waals surface area contributed by atoms with E-state index in [1.165, 1.54) is 55.4 Å². The van der Waals surface area contributed by atoms with Gasteiger partial charge in [-0.15, -0.1) is 0 Å². The number of oxazole rings is 1. The van der Waals surface area contributed by atoms with Crippen molar-refractivity contribution in [2.45, 2.75) is 110 Å². The molecule has 4 nitrogen and oxygen atoms in total. The van der Waals surface area contributed by atoms with Crippen molar-refractivity contribution >= 4 is 57.6 Å². The molecule has 0 bridgehead atoms. The summed E-state index contributed by atoms with van der Waals surface area (Å²) >= 11 is 0. The van der Waals surface area contributed by atoms with Crippen molar-refractivity contribution in [2.24, 2.45) is 0 Å². The highest BCUT2D eigenvalue weighted by Gasteiger charge is 2.49. The van der Waals surface area contributed by atoms with Gasteiger partial charge in [0.25, 0.3) is 6.71 Å². The molecule has 0 unspecified atom stereocenters. The summed E-state index contributed by atoms with van der Waals surface area (Å²) in [7, 11) is 0. The summed E-state index contributed by atoms with van der Waals surface area (Å²) < 4.78 is 7.46. The molecule has 10 aromatic rings. The molecule has 79 heavy (non-hydrogen) atoms. The lowest BCUT2D eigenvalue weighted by Gasteiger charge is -2.44. The van der Waals surface area contributed by atoms with Crippen LogP contribution < -0.4 is 26.3 Å². The Labute approximate surface area is 469 Å². The number of aromatic nitrogens is 1. The van der Waals surface area contributed by atoms with Crippen LogP contribution in [0.3, 0.4) is 0 Å². The van der Waals surface area contributed by atoms with Crippen LogP contribution in [0.4, 0.5) is 34.3 Å². The van der Waals surface area contributed by atoms with Crippen LogP contribution in [0.2, 0.25) is 0 Å². The van der Waals surface area contributed by atoms with Gasteiger partial charge in [-0.2, -0.15) is 0 Å². The van der Waals surface area contributed by atoms with E-state index in [0.717, 1.165) is 56.6 Å². The molecule has 9 aromatic carbocycles. The number of benzene rings is 9. The van der Waals surface area contributed by atoms with E-state index < -0.39 is 5.41 Å². The van der Waals surface area contributed by atoms with Crippen molar-refractivity contribution in [2.75, 3.05) is 9.80 Å². The van der Waals surface area contributed by atoms with E-state index in [0.29, 0.717) is 5.89 Å². The highest BCUT2D eigenvalue weighted by molar-refractivity contribution is 6.99. The third-order valence-corrected chi connectivity index (χ3v) is 16.7. The van der Waals surface area contributed by atoms with Crippen LogP contribution in [0, 0.1) is 0 Å². The summed E-state index contributed by atoms with van der Waals surface area (Å²) in [6.07, 6.45) is 0. The van der Waals surface area contributed by atoms with Crippen molar-refractivity contribution in [3.05, 3.63) is 263 Å². The Kier molecular flexibility index (Phi) is 12.4. The molecule has 2 aliphatic rings. The first kappa shape index (κ1) is 51.6. The number of rotatable bonds is 8. The largest absolute Gasteiger partial charge is 0.420 e. The van der Waals surface area contributed by atoms with E-state index in [2.05, 4.69) is 311 Å². The topological polar surface area (TPSA) is 32.5 Å². The molecule has 0 spiro atoms. The quantitative estimate of drug-likeness (QED) is 0.112. The Hall–Kier alpha value is -8.15. The second-order valence-corrected chi connectivity index (χ2v) is 26.1. The van der Waals surface area contributed by atoms with Gasteiger partial charge in [-0.3, -0.25) is 4.90 Å². The molecule has 0 atom stereocenters. The molecule has 0 N–H and O–H groups in total. The molecule has 12 rings (SSSR count). The Morgan fingerprint density at radius 3 is 1.16 bits per heavy atom. The maximum absolute atomic E-state index is 7.46. The maximum Gasteiger partial charge on any atom is 0.279 e. The second-order valence-electron chi connectivity index (χ2n) is 26.1. The van der Waals surface area contributed by atoms with Gasteiger partial charge in [-0.05, 0) is 143 Å². The van der Waals surface area contributed by atoms with Crippen LogP contribution in [0.15, 0.2) is 223 Å². The molecular weight excluding hydrogens is 958 g/mol. The SMILES string of the molecule is CC(C)(C)c1ccc(-c2ccc(-c3nc4c(o3)N(c3ccc(C(C)(C)C)cc3)c3cc(C(c5ccccc5)(c5ccccc5)c5ccccc5)cc5c3B4c3cc(C(C)(C)C)ccc3N5c3ccc(C(C)(C)C)cc3)cc2)cc1. The van der Waals surface area contributed by atoms with Gasteiger partial charge in [-0.1, -0.05) is 247 Å². The van der Waals surface area contributed by atoms with Crippen LogP contribution in [0.5, 0.6) is 0 Å².